The summed E-state index contributed by atoms with van der Waals surface area (Å²) in [5.74, 6) is 0.564. The van der Waals surface area contributed by atoms with Crippen LogP contribution in [0.5, 0.6) is 0 Å². The number of rotatable bonds is 4. The SMILES string of the molecule is Cc1cc(C)cc(C(=O)NC(CN)C2CCCC2)c1. The molecule has 0 heterocycles. The monoisotopic (exact) mass is 260 g/mol. The van der Waals surface area contributed by atoms with Crippen molar-refractivity contribution in [3.05, 3.63) is 34.9 Å². The van der Waals surface area contributed by atoms with Crippen LogP contribution in [0.2, 0.25) is 0 Å². The average molecular weight is 260 g/mol. The number of nitrogens with one attached hydrogen (secondary N) is 1. The van der Waals surface area contributed by atoms with E-state index in [2.05, 4.69) is 11.4 Å². The molecule has 1 aromatic carbocycles. The second kappa shape index (κ2) is 6.20. The molecule has 2 rings (SSSR count). The van der Waals surface area contributed by atoms with E-state index >= 15 is 0 Å². The summed E-state index contributed by atoms with van der Waals surface area (Å²) >= 11 is 0. The van der Waals surface area contributed by atoms with Crippen LogP contribution in [-0.2, 0) is 0 Å². The van der Waals surface area contributed by atoms with Crippen molar-refractivity contribution >= 4 is 5.91 Å². The van der Waals surface area contributed by atoms with Gasteiger partial charge in [0.05, 0.1) is 0 Å². The Morgan fingerprint density at radius 2 is 1.84 bits per heavy atom. The molecule has 3 nitrogen and oxygen atoms in total. The van der Waals surface area contributed by atoms with Crippen LogP contribution in [0, 0.1) is 19.8 Å². The zero-order valence-electron chi connectivity index (χ0n) is 11.9. The molecule has 0 radical (unpaired) electrons. The van der Waals surface area contributed by atoms with E-state index in [1.807, 2.05) is 26.0 Å². The summed E-state index contributed by atoms with van der Waals surface area (Å²) in [7, 11) is 0. The third-order valence-electron chi connectivity index (χ3n) is 4.02. The second-order valence-corrected chi connectivity index (χ2v) is 5.74. The Morgan fingerprint density at radius 3 is 2.37 bits per heavy atom. The van der Waals surface area contributed by atoms with E-state index in [1.54, 1.807) is 0 Å². The van der Waals surface area contributed by atoms with Crippen LogP contribution in [0.25, 0.3) is 0 Å². The van der Waals surface area contributed by atoms with E-state index in [-0.39, 0.29) is 11.9 Å². The Labute approximate surface area is 115 Å². The molecule has 3 heteroatoms. The molecule has 1 aromatic rings. The highest BCUT2D eigenvalue weighted by Gasteiger charge is 2.25. The summed E-state index contributed by atoms with van der Waals surface area (Å²) in [5.41, 5.74) is 8.81. The summed E-state index contributed by atoms with van der Waals surface area (Å²) < 4.78 is 0. The lowest BCUT2D eigenvalue weighted by Crippen LogP contribution is -2.44. The van der Waals surface area contributed by atoms with E-state index in [0.29, 0.717) is 12.5 Å². The Hall–Kier alpha value is -1.35. The fourth-order valence-electron chi connectivity index (χ4n) is 3.09. The molecule has 104 valence electrons. The standard InChI is InChI=1S/C16H24N2O/c1-11-7-12(2)9-14(8-11)16(19)18-15(10-17)13-5-3-4-6-13/h7-9,13,15H,3-6,10,17H2,1-2H3,(H,18,19). The van der Waals surface area contributed by atoms with Crippen molar-refractivity contribution < 1.29 is 4.79 Å². The van der Waals surface area contributed by atoms with Gasteiger partial charge in [-0.3, -0.25) is 4.79 Å². The Balaban J connectivity index is 2.06. The van der Waals surface area contributed by atoms with Gasteiger partial charge in [0.2, 0.25) is 0 Å². The molecule has 1 unspecified atom stereocenters. The first-order valence-electron chi connectivity index (χ1n) is 7.19. The lowest BCUT2D eigenvalue weighted by Gasteiger charge is -2.23. The molecule has 1 atom stereocenters. The van der Waals surface area contributed by atoms with E-state index in [1.165, 1.54) is 25.7 Å². The van der Waals surface area contributed by atoms with Crippen molar-refractivity contribution in [2.75, 3.05) is 6.54 Å². The summed E-state index contributed by atoms with van der Waals surface area (Å²) in [6, 6.07) is 6.07. The number of nitrogens with two attached hydrogens (primary N) is 1. The van der Waals surface area contributed by atoms with Crippen molar-refractivity contribution in [3.8, 4) is 0 Å². The van der Waals surface area contributed by atoms with Crippen LogP contribution in [-0.4, -0.2) is 18.5 Å². The molecule has 0 aromatic heterocycles. The first-order valence-corrected chi connectivity index (χ1v) is 7.19. The maximum absolute atomic E-state index is 12.3. The summed E-state index contributed by atoms with van der Waals surface area (Å²) in [6.45, 7) is 4.56. The second-order valence-electron chi connectivity index (χ2n) is 5.74. The molecule has 0 spiro atoms. The maximum Gasteiger partial charge on any atom is 0.251 e. The average Bonchev–Trinajstić information content (AvgIpc) is 2.88. The zero-order valence-corrected chi connectivity index (χ0v) is 11.9. The van der Waals surface area contributed by atoms with Gasteiger partial charge in [-0.15, -0.1) is 0 Å². The number of benzene rings is 1. The van der Waals surface area contributed by atoms with Crippen molar-refractivity contribution in [1.82, 2.24) is 5.32 Å². The third-order valence-corrected chi connectivity index (χ3v) is 4.02. The fraction of sp³-hybridized carbons (Fsp3) is 0.562. The zero-order chi connectivity index (χ0) is 13.8. The van der Waals surface area contributed by atoms with Gasteiger partial charge < -0.3 is 11.1 Å². The van der Waals surface area contributed by atoms with Gasteiger partial charge in [0.1, 0.15) is 0 Å². The predicted octanol–water partition coefficient (Wildman–Crippen LogP) is 2.55. The molecule has 1 amide bonds. The van der Waals surface area contributed by atoms with Crippen LogP contribution >= 0.6 is 0 Å². The molecule has 1 saturated carbocycles. The highest BCUT2D eigenvalue weighted by Crippen LogP contribution is 2.27. The summed E-state index contributed by atoms with van der Waals surface area (Å²) in [6.07, 6.45) is 4.91. The predicted molar refractivity (Wildman–Crippen MR) is 78.2 cm³/mol. The number of amides is 1. The Morgan fingerprint density at radius 1 is 1.26 bits per heavy atom. The van der Waals surface area contributed by atoms with Crippen molar-refractivity contribution in [2.45, 2.75) is 45.6 Å². The molecule has 1 aliphatic rings. The number of hydrogen-bond donors (Lipinski definition) is 2. The molecule has 0 bridgehead atoms. The van der Waals surface area contributed by atoms with Gasteiger partial charge in [-0.2, -0.15) is 0 Å². The lowest BCUT2D eigenvalue weighted by molar-refractivity contribution is 0.0924. The number of carbonyl (C=O) groups is 1. The minimum atomic E-state index is 0.00847. The van der Waals surface area contributed by atoms with Gasteiger partial charge in [-0.1, -0.05) is 30.0 Å². The first-order chi connectivity index (χ1) is 9.10. The van der Waals surface area contributed by atoms with Crippen molar-refractivity contribution in [1.29, 1.82) is 0 Å². The minimum Gasteiger partial charge on any atom is -0.348 e. The summed E-state index contributed by atoms with van der Waals surface area (Å²) in [4.78, 5) is 12.3. The molecule has 3 N–H and O–H groups in total. The van der Waals surface area contributed by atoms with Crippen molar-refractivity contribution in [3.63, 3.8) is 0 Å². The number of aryl methyl sites for hydroxylation is 2. The molecular weight excluding hydrogens is 236 g/mol. The quantitative estimate of drug-likeness (QED) is 0.874. The fourth-order valence-corrected chi connectivity index (χ4v) is 3.09. The van der Waals surface area contributed by atoms with Gasteiger partial charge in [-0.05, 0) is 44.7 Å². The Kier molecular flexibility index (Phi) is 4.59. The summed E-state index contributed by atoms with van der Waals surface area (Å²) in [5, 5.41) is 3.12. The number of carbonyl (C=O) groups excluding carboxylic acids is 1. The molecular formula is C16H24N2O. The van der Waals surface area contributed by atoms with E-state index in [0.717, 1.165) is 16.7 Å². The molecule has 0 aliphatic heterocycles. The normalized spacial score (nSPS) is 17.4. The molecule has 0 saturated heterocycles. The van der Waals surface area contributed by atoms with Gasteiger partial charge in [0.15, 0.2) is 0 Å². The van der Waals surface area contributed by atoms with Gasteiger partial charge in [0.25, 0.3) is 5.91 Å². The van der Waals surface area contributed by atoms with Crippen LogP contribution in [0.15, 0.2) is 18.2 Å². The van der Waals surface area contributed by atoms with Crippen LogP contribution < -0.4 is 11.1 Å². The lowest BCUT2D eigenvalue weighted by atomic mass is 9.97. The van der Waals surface area contributed by atoms with Crippen molar-refractivity contribution in [2.24, 2.45) is 11.7 Å². The first kappa shape index (κ1) is 14.1. The van der Waals surface area contributed by atoms with E-state index in [4.69, 9.17) is 5.73 Å². The number of hydrogen-bond acceptors (Lipinski definition) is 2. The van der Waals surface area contributed by atoms with Crippen LogP contribution in [0.4, 0.5) is 0 Å². The third kappa shape index (κ3) is 3.57. The largest absolute Gasteiger partial charge is 0.348 e. The van der Waals surface area contributed by atoms with Gasteiger partial charge >= 0.3 is 0 Å². The topological polar surface area (TPSA) is 55.1 Å². The van der Waals surface area contributed by atoms with Gasteiger partial charge in [-0.25, -0.2) is 0 Å². The maximum atomic E-state index is 12.3. The smallest absolute Gasteiger partial charge is 0.251 e. The minimum absolute atomic E-state index is 0.00847. The van der Waals surface area contributed by atoms with Crippen LogP contribution in [0.3, 0.4) is 0 Å². The Bertz CT molecular complexity index is 430. The van der Waals surface area contributed by atoms with E-state index < -0.39 is 0 Å². The molecule has 19 heavy (non-hydrogen) atoms. The van der Waals surface area contributed by atoms with Crippen LogP contribution in [0.1, 0.15) is 47.2 Å². The highest BCUT2D eigenvalue weighted by molar-refractivity contribution is 5.94. The molecule has 1 aliphatic carbocycles. The van der Waals surface area contributed by atoms with Gasteiger partial charge in [0, 0.05) is 18.2 Å². The highest BCUT2D eigenvalue weighted by atomic mass is 16.1. The van der Waals surface area contributed by atoms with E-state index in [9.17, 15) is 4.79 Å². The molecule has 1 fully saturated rings.